The standard InChI is InChI=1S/C16H21ClN2O/c1-12(20)5-8-18-6-2-7-19-15(11-18)10-13-9-14(17)3-4-16(13)19/h3-4,9,15H,2,5-8,10-11H2,1H3. The summed E-state index contributed by atoms with van der Waals surface area (Å²) in [6, 6.07) is 6.79. The highest BCUT2D eigenvalue weighted by atomic mass is 35.5. The summed E-state index contributed by atoms with van der Waals surface area (Å²) in [4.78, 5) is 16.1. The van der Waals surface area contributed by atoms with E-state index in [1.165, 1.54) is 11.3 Å². The van der Waals surface area contributed by atoms with Crippen molar-refractivity contribution in [2.45, 2.75) is 32.2 Å². The van der Waals surface area contributed by atoms with Gasteiger partial charge in [-0.2, -0.15) is 0 Å². The number of Topliss-reactive ketones (excluding diaryl/α,β-unsaturated/α-hetero) is 1. The lowest BCUT2D eigenvalue weighted by molar-refractivity contribution is -0.117. The molecule has 2 heterocycles. The normalized spacial score (nSPS) is 22.3. The number of benzene rings is 1. The number of rotatable bonds is 3. The van der Waals surface area contributed by atoms with Crippen molar-refractivity contribution in [3.63, 3.8) is 0 Å². The first-order valence-corrected chi connectivity index (χ1v) is 7.78. The number of fused-ring (bicyclic) bond motifs is 3. The van der Waals surface area contributed by atoms with Crippen molar-refractivity contribution in [1.82, 2.24) is 4.90 Å². The number of carbonyl (C=O) groups is 1. The number of anilines is 1. The highest BCUT2D eigenvalue weighted by molar-refractivity contribution is 6.30. The summed E-state index contributed by atoms with van der Waals surface area (Å²) in [6.45, 7) is 5.84. The van der Waals surface area contributed by atoms with Crippen LogP contribution in [0.5, 0.6) is 0 Å². The molecule has 0 radical (unpaired) electrons. The summed E-state index contributed by atoms with van der Waals surface area (Å²) in [7, 11) is 0. The molecule has 1 unspecified atom stereocenters. The van der Waals surface area contributed by atoms with Gasteiger partial charge < -0.3 is 9.80 Å². The van der Waals surface area contributed by atoms with Gasteiger partial charge in [-0.05, 0) is 50.1 Å². The van der Waals surface area contributed by atoms with E-state index in [-0.39, 0.29) is 5.78 Å². The van der Waals surface area contributed by atoms with Crippen molar-refractivity contribution in [2.24, 2.45) is 0 Å². The molecule has 1 aromatic rings. The Morgan fingerprint density at radius 2 is 2.25 bits per heavy atom. The zero-order valence-electron chi connectivity index (χ0n) is 11.9. The Morgan fingerprint density at radius 1 is 1.40 bits per heavy atom. The van der Waals surface area contributed by atoms with Crippen LogP contribution < -0.4 is 4.90 Å². The van der Waals surface area contributed by atoms with Crippen molar-refractivity contribution in [3.05, 3.63) is 28.8 Å². The van der Waals surface area contributed by atoms with Gasteiger partial charge in [0.05, 0.1) is 0 Å². The van der Waals surface area contributed by atoms with Crippen molar-refractivity contribution < 1.29 is 4.79 Å². The topological polar surface area (TPSA) is 23.6 Å². The Kier molecular flexibility index (Phi) is 3.99. The van der Waals surface area contributed by atoms with Gasteiger partial charge in [-0.25, -0.2) is 0 Å². The number of carbonyl (C=O) groups excluding carboxylic acids is 1. The Labute approximate surface area is 125 Å². The highest BCUT2D eigenvalue weighted by Crippen LogP contribution is 2.35. The first kappa shape index (κ1) is 13.9. The average molecular weight is 293 g/mol. The molecule has 0 aromatic heterocycles. The molecule has 0 N–H and O–H groups in total. The Bertz CT molecular complexity index is 517. The third-order valence-corrected chi connectivity index (χ3v) is 4.60. The minimum atomic E-state index is 0.285. The second kappa shape index (κ2) is 5.74. The van der Waals surface area contributed by atoms with E-state index in [1.807, 2.05) is 6.07 Å². The van der Waals surface area contributed by atoms with Crippen LogP contribution in [0.3, 0.4) is 0 Å². The molecule has 0 bridgehead atoms. The molecule has 1 saturated heterocycles. The van der Waals surface area contributed by atoms with Crippen LogP contribution in [0.25, 0.3) is 0 Å². The second-order valence-electron chi connectivity index (χ2n) is 5.93. The van der Waals surface area contributed by atoms with Gasteiger partial charge in [-0.3, -0.25) is 4.79 Å². The van der Waals surface area contributed by atoms with Crippen molar-refractivity contribution >= 4 is 23.1 Å². The van der Waals surface area contributed by atoms with Gasteiger partial charge in [-0.1, -0.05) is 11.6 Å². The third kappa shape index (κ3) is 2.84. The number of halogens is 1. The van der Waals surface area contributed by atoms with Gasteiger partial charge >= 0.3 is 0 Å². The lowest BCUT2D eigenvalue weighted by atomic mass is 10.1. The first-order chi connectivity index (χ1) is 9.63. The highest BCUT2D eigenvalue weighted by Gasteiger charge is 2.32. The first-order valence-electron chi connectivity index (χ1n) is 7.40. The van der Waals surface area contributed by atoms with E-state index in [4.69, 9.17) is 11.6 Å². The molecular weight excluding hydrogens is 272 g/mol. The second-order valence-corrected chi connectivity index (χ2v) is 6.37. The van der Waals surface area contributed by atoms with Crippen molar-refractivity contribution in [3.8, 4) is 0 Å². The summed E-state index contributed by atoms with van der Waals surface area (Å²) in [5, 5.41) is 0.829. The molecule has 0 amide bonds. The van der Waals surface area contributed by atoms with Crippen LogP contribution in [-0.2, 0) is 11.2 Å². The van der Waals surface area contributed by atoms with E-state index >= 15 is 0 Å². The van der Waals surface area contributed by atoms with Gasteiger partial charge in [0, 0.05) is 42.8 Å². The van der Waals surface area contributed by atoms with Crippen molar-refractivity contribution in [1.29, 1.82) is 0 Å². The van der Waals surface area contributed by atoms with Crippen LogP contribution in [0.2, 0.25) is 5.02 Å². The van der Waals surface area contributed by atoms with Gasteiger partial charge in [-0.15, -0.1) is 0 Å². The molecule has 20 heavy (non-hydrogen) atoms. The SMILES string of the molecule is CC(=O)CCN1CCCN2c3ccc(Cl)cc3CC2C1. The lowest BCUT2D eigenvalue weighted by Crippen LogP contribution is -2.39. The lowest BCUT2D eigenvalue weighted by Gasteiger charge is -2.27. The monoisotopic (exact) mass is 292 g/mol. The molecule has 2 aliphatic heterocycles. The van der Waals surface area contributed by atoms with Gasteiger partial charge in [0.1, 0.15) is 5.78 Å². The molecule has 1 fully saturated rings. The largest absolute Gasteiger partial charge is 0.367 e. The van der Waals surface area contributed by atoms with E-state index in [2.05, 4.69) is 21.9 Å². The third-order valence-electron chi connectivity index (χ3n) is 4.37. The molecule has 2 aliphatic rings. The van der Waals surface area contributed by atoms with Crippen LogP contribution in [0.1, 0.15) is 25.3 Å². The maximum absolute atomic E-state index is 11.2. The van der Waals surface area contributed by atoms with Crippen LogP contribution >= 0.6 is 11.6 Å². The predicted octanol–water partition coefficient (Wildman–Crippen LogP) is 2.76. The molecule has 4 heteroatoms. The molecule has 1 atom stereocenters. The van der Waals surface area contributed by atoms with Gasteiger partial charge in [0.15, 0.2) is 0 Å². The molecule has 0 spiro atoms. The Morgan fingerprint density at radius 3 is 3.05 bits per heavy atom. The van der Waals surface area contributed by atoms with E-state index in [0.29, 0.717) is 12.5 Å². The van der Waals surface area contributed by atoms with E-state index in [0.717, 1.165) is 44.0 Å². The molecule has 0 saturated carbocycles. The Hall–Kier alpha value is -1.06. The van der Waals surface area contributed by atoms with Gasteiger partial charge in [0.2, 0.25) is 0 Å². The molecule has 108 valence electrons. The number of nitrogens with zero attached hydrogens (tertiary/aromatic N) is 2. The average Bonchev–Trinajstić information content (AvgIpc) is 2.60. The number of hydrogen-bond donors (Lipinski definition) is 0. The maximum Gasteiger partial charge on any atom is 0.131 e. The van der Waals surface area contributed by atoms with Crippen molar-refractivity contribution in [2.75, 3.05) is 31.1 Å². The molecule has 3 rings (SSSR count). The van der Waals surface area contributed by atoms with E-state index in [1.54, 1.807) is 6.92 Å². The fraction of sp³-hybridized carbons (Fsp3) is 0.562. The summed E-state index contributed by atoms with van der Waals surface area (Å²) in [5.74, 6) is 0.285. The Balaban J connectivity index is 1.72. The number of hydrogen-bond acceptors (Lipinski definition) is 3. The predicted molar refractivity (Wildman–Crippen MR) is 82.6 cm³/mol. The number of ketones is 1. The maximum atomic E-state index is 11.2. The zero-order chi connectivity index (χ0) is 14.1. The summed E-state index contributed by atoms with van der Waals surface area (Å²) >= 11 is 6.10. The fourth-order valence-electron chi connectivity index (χ4n) is 3.40. The molecule has 3 nitrogen and oxygen atoms in total. The zero-order valence-corrected chi connectivity index (χ0v) is 12.7. The molecule has 1 aromatic carbocycles. The minimum Gasteiger partial charge on any atom is -0.367 e. The van der Waals surface area contributed by atoms with E-state index in [9.17, 15) is 4.79 Å². The van der Waals surface area contributed by atoms with Crippen LogP contribution in [0.4, 0.5) is 5.69 Å². The quantitative estimate of drug-likeness (QED) is 0.856. The molecular formula is C16H21ClN2O. The van der Waals surface area contributed by atoms with Gasteiger partial charge in [0.25, 0.3) is 0 Å². The van der Waals surface area contributed by atoms with Crippen LogP contribution in [0, 0.1) is 0 Å². The van der Waals surface area contributed by atoms with Crippen LogP contribution in [0.15, 0.2) is 18.2 Å². The van der Waals surface area contributed by atoms with Crippen LogP contribution in [-0.4, -0.2) is 42.9 Å². The molecule has 0 aliphatic carbocycles. The minimum absolute atomic E-state index is 0.285. The summed E-state index contributed by atoms with van der Waals surface area (Å²) < 4.78 is 0. The summed E-state index contributed by atoms with van der Waals surface area (Å²) in [6.07, 6.45) is 2.91. The summed E-state index contributed by atoms with van der Waals surface area (Å²) in [5.41, 5.74) is 2.73. The fourth-order valence-corrected chi connectivity index (χ4v) is 3.59. The smallest absolute Gasteiger partial charge is 0.131 e. The van der Waals surface area contributed by atoms with E-state index < -0.39 is 0 Å².